The second kappa shape index (κ2) is 9.37. The van der Waals surface area contributed by atoms with Crippen molar-refractivity contribution in [1.29, 1.82) is 0 Å². The highest BCUT2D eigenvalue weighted by molar-refractivity contribution is 5.77. The predicted molar refractivity (Wildman–Crippen MR) is 83.4 cm³/mol. The normalized spacial score (nSPS) is 12.2. The van der Waals surface area contributed by atoms with Crippen LogP contribution in [0.1, 0.15) is 26.3 Å². The van der Waals surface area contributed by atoms with Crippen molar-refractivity contribution in [1.82, 2.24) is 10.6 Å². The lowest BCUT2D eigenvalue weighted by molar-refractivity contribution is -0.124. The van der Waals surface area contributed by atoms with E-state index in [0.29, 0.717) is 12.6 Å². The maximum atomic E-state index is 11.8. The molecule has 0 bridgehead atoms. The SMILES string of the molecule is COCC(C)NC(=O)COc1ccccc1CNC(C)C. The smallest absolute Gasteiger partial charge is 0.258 e. The number of para-hydroxylation sites is 1. The third-order valence-corrected chi connectivity index (χ3v) is 2.86. The summed E-state index contributed by atoms with van der Waals surface area (Å²) in [4.78, 5) is 11.8. The van der Waals surface area contributed by atoms with Crippen molar-refractivity contribution < 1.29 is 14.3 Å². The van der Waals surface area contributed by atoms with Crippen molar-refractivity contribution in [3.63, 3.8) is 0 Å². The van der Waals surface area contributed by atoms with Crippen LogP contribution in [0.4, 0.5) is 0 Å². The van der Waals surface area contributed by atoms with Crippen LogP contribution in [0.2, 0.25) is 0 Å². The topological polar surface area (TPSA) is 59.6 Å². The maximum absolute atomic E-state index is 11.8. The Morgan fingerprint density at radius 1 is 1.24 bits per heavy atom. The van der Waals surface area contributed by atoms with E-state index in [-0.39, 0.29) is 18.6 Å². The molecule has 0 aromatic heterocycles. The van der Waals surface area contributed by atoms with E-state index in [4.69, 9.17) is 9.47 Å². The van der Waals surface area contributed by atoms with E-state index in [0.717, 1.165) is 17.9 Å². The van der Waals surface area contributed by atoms with Gasteiger partial charge in [0.1, 0.15) is 5.75 Å². The predicted octanol–water partition coefficient (Wildman–Crippen LogP) is 1.71. The van der Waals surface area contributed by atoms with Crippen LogP contribution in [0.5, 0.6) is 5.75 Å². The summed E-state index contributed by atoms with van der Waals surface area (Å²) in [5.74, 6) is 0.589. The van der Waals surface area contributed by atoms with Crippen molar-refractivity contribution in [3.8, 4) is 5.75 Å². The second-order valence-corrected chi connectivity index (χ2v) is 5.36. The molecule has 0 aliphatic rings. The third kappa shape index (κ3) is 7.11. The molecular formula is C16H26N2O3. The first-order valence-corrected chi connectivity index (χ1v) is 7.25. The van der Waals surface area contributed by atoms with Crippen molar-refractivity contribution in [3.05, 3.63) is 29.8 Å². The zero-order chi connectivity index (χ0) is 15.7. The van der Waals surface area contributed by atoms with Crippen molar-refractivity contribution >= 4 is 5.91 Å². The van der Waals surface area contributed by atoms with Gasteiger partial charge in [0.25, 0.3) is 5.91 Å². The van der Waals surface area contributed by atoms with E-state index >= 15 is 0 Å². The second-order valence-electron chi connectivity index (χ2n) is 5.36. The number of ether oxygens (including phenoxy) is 2. The van der Waals surface area contributed by atoms with Crippen LogP contribution in [0, 0.1) is 0 Å². The Morgan fingerprint density at radius 3 is 2.62 bits per heavy atom. The van der Waals surface area contributed by atoms with Crippen LogP contribution >= 0.6 is 0 Å². The first kappa shape index (κ1) is 17.5. The lowest BCUT2D eigenvalue weighted by Gasteiger charge is -2.15. The zero-order valence-corrected chi connectivity index (χ0v) is 13.3. The number of amides is 1. The highest BCUT2D eigenvalue weighted by atomic mass is 16.5. The Bertz CT molecular complexity index is 435. The number of hydrogen-bond donors (Lipinski definition) is 2. The first-order valence-electron chi connectivity index (χ1n) is 7.25. The molecule has 0 heterocycles. The number of hydrogen-bond acceptors (Lipinski definition) is 4. The molecule has 0 saturated carbocycles. The average Bonchev–Trinajstić information content (AvgIpc) is 2.43. The number of rotatable bonds is 9. The molecule has 0 radical (unpaired) electrons. The highest BCUT2D eigenvalue weighted by Crippen LogP contribution is 2.17. The molecule has 1 aromatic rings. The summed E-state index contributed by atoms with van der Waals surface area (Å²) in [7, 11) is 1.61. The Morgan fingerprint density at radius 2 is 1.95 bits per heavy atom. The molecule has 21 heavy (non-hydrogen) atoms. The summed E-state index contributed by atoms with van der Waals surface area (Å²) >= 11 is 0. The summed E-state index contributed by atoms with van der Waals surface area (Å²) in [6.07, 6.45) is 0. The molecule has 0 saturated heterocycles. The van der Waals surface area contributed by atoms with Gasteiger partial charge in [-0.2, -0.15) is 0 Å². The number of benzene rings is 1. The van der Waals surface area contributed by atoms with Crippen LogP contribution in [0.25, 0.3) is 0 Å². The third-order valence-electron chi connectivity index (χ3n) is 2.86. The monoisotopic (exact) mass is 294 g/mol. The zero-order valence-electron chi connectivity index (χ0n) is 13.3. The summed E-state index contributed by atoms with van der Waals surface area (Å²) in [5, 5.41) is 6.16. The van der Waals surface area contributed by atoms with E-state index < -0.39 is 0 Å². The van der Waals surface area contributed by atoms with Crippen LogP contribution in [-0.4, -0.2) is 38.3 Å². The van der Waals surface area contributed by atoms with Gasteiger partial charge in [0, 0.05) is 31.3 Å². The first-order chi connectivity index (χ1) is 10.0. The van der Waals surface area contributed by atoms with Gasteiger partial charge in [0.05, 0.1) is 6.61 Å². The van der Waals surface area contributed by atoms with E-state index in [1.165, 1.54) is 0 Å². The molecule has 0 aliphatic heterocycles. The molecule has 0 fully saturated rings. The van der Waals surface area contributed by atoms with Gasteiger partial charge < -0.3 is 20.1 Å². The number of carbonyl (C=O) groups is 1. The van der Waals surface area contributed by atoms with Gasteiger partial charge in [-0.1, -0.05) is 32.0 Å². The molecule has 2 N–H and O–H groups in total. The van der Waals surface area contributed by atoms with Gasteiger partial charge in [-0.3, -0.25) is 4.79 Å². The Hall–Kier alpha value is -1.59. The van der Waals surface area contributed by atoms with Crippen molar-refractivity contribution in [2.75, 3.05) is 20.3 Å². The Labute approximate surface area is 127 Å². The molecule has 5 heteroatoms. The molecule has 118 valence electrons. The largest absolute Gasteiger partial charge is 0.483 e. The highest BCUT2D eigenvalue weighted by Gasteiger charge is 2.09. The minimum Gasteiger partial charge on any atom is -0.483 e. The molecule has 1 atom stereocenters. The van der Waals surface area contributed by atoms with Gasteiger partial charge in [0.2, 0.25) is 0 Å². The number of nitrogens with one attached hydrogen (secondary N) is 2. The lowest BCUT2D eigenvalue weighted by atomic mass is 10.2. The standard InChI is InChI=1S/C16H26N2O3/c1-12(2)17-9-14-7-5-6-8-15(14)21-11-16(19)18-13(3)10-20-4/h5-8,12-13,17H,9-11H2,1-4H3,(H,18,19). The summed E-state index contributed by atoms with van der Waals surface area (Å²) in [6.45, 7) is 7.28. The fourth-order valence-corrected chi connectivity index (χ4v) is 1.86. The summed E-state index contributed by atoms with van der Waals surface area (Å²) in [6, 6.07) is 8.12. The molecule has 1 aromatic carbocycles. The van der Waals surface area contributed by atoms with Gasteiger partial charge in [-0.15, -0.1) is 0 Å². The minimum atomic E-state index is -0.147. The maximum Gasteiger partial charge on any atom is 0.258 e. The Balaban J connectivity index is 2.49. The molecular weight excluding hydrogens is 268 g/mol. The molecule has 5 nitrogen and oxygen atoms in total. The van der Waals surface area contributed by atoms with Gasteiger partial charge in [-0.25, -0.2) is 0 Å². The molecule has 1 unspecified atom stereocenters. The lowest BCUT2D eigenvalue weighted by Crippen LogP contribution is -2.38. The van der Waals surface area contributed by atoms with Crippen LogP contribution in [0.15, 0.2) is 24.3 Å². The quantitative estimate of drug-likeness (QED) is 0.728. The van der Waals surface area contributed by atoms with Crippen LogP contribution in [-0.2, 0) is 16.1 Å². The molecule has 1 amide bonds. The van der Waals surface area contributed by atoms with Crippen LogP contribution in [0.3, 0.4) is 0 Å². The van der Waals surface area contributed by atoms with E-state index in [1.54, 1.807) is 7.11 Å². The van der Waals surface area contributed by atoms with E-state index in [1.807, 2.05) is 31.2 Å². The van der Waals surface area contributed by atoms with E-state index in [2.05, 4.69) is 24.5 Å². The minimum absolute atomic E-state index is 0.00669. The van der Waals surface area contributed by atoms with Gasteiger partial charge in [-0.05, 0) is 13.0 Å². The summed E-state index contributed by atoms with van der Waals surface area (Å²) < 4.78 is 10.6. The van der Waals surface area contributed by atoms with E-state index in [9.17, 15) is 4.79 Å². The van der Waals surface area contributed by atoms with Crippen molar-refractivity contribution in [2.45, 2.75) is 39.4 Å². The average molecular weight is 294 g/mol. The molecule has 0 aliphatic carbocycles. The van der Waals surface area contributed by atoms with Gasteiger partial charge in [0.15, 0.2) is 6.61 Å². The fourth-order valence-electron chi connectivity index (χ4n) is 1.86. The molecule has 0 spiro atoms. The Kier molecular flexibility index (Phi) is 7.79. The number of carbonyl (C=O) groups excluding carboxylic acids is 1. The molecule has 1 rings (SSSR count). The van der Waals surface area contributed by atoms with Crippen LogP contribution < -0.4 is 15.4 Å². The summed E-state index contributed by atoms with van der Waals surface area (Å²) in [5.41, 5.74) is 1.05. The van der Waals surface area contributed by atoms with Gasteiger partial charge >= 0.3 is 0 Å². The number of methoxy groups -OCH3 is 1. The van der Waals surface area contributed by atoms with Crippen molar-refractivity contribution in [2.24, 2.45) is 0 Å². The fraction of sp³-hybridized carbons (Fsp3) is 0.562.